The van der Waals surface area contributed by atoms with Gasteiger partial charge in [-0.15, -0.1) is 6.42 Å². The van der Waals surface area contributed by atoms with Gasteiger partial charge in [-0.1, -0.05) is 66.6 Å². The molecule has 1 aliphatic rings. The predicted octanol–water partition coefficient (Wildman–Crippen LogP) is 2.55. The van der Waals surface area contributed by atoms with Gasteiger partial charge in [0.05, 0.1) is 12.6 Å². The second-order valence-corrected chi connectivity index (χ2v) is 7.06. The molecule has 0 radical (unpaired) electrons. The number of benzene rings is 2. The van der Waals surface area contributed by atoms with Crippen LogP contribution in [0.2, 0.25) is 0 Å². The Morgan fingerprint density at radius 2 is 1.56 bits per heavy atom. The second kappa shape index (κ2) is 9.52. The fourth-order valence-electron chi connectivity index (χ4n) is 3.59. The van der Waals surface area contributed by atoms with Gasteiger partial charge in [0.1, 0.15) is 0 Å². The van der Waals surface area contributed by atoms with Crippen LogP contribution in [0.4, 0.5) is 0 Å². The van der Waals surface area contributed by atoms with Gasteiger partial charge in [-0.3, -0.25) is 4.90 Å². The van der Waals surface area contributed by atoms with Crippen molar-refractivity contribution in [1.82, 2.24) is 15.1 Å². The van der Waals surface area contributed by atoms with E-state index in [0.717, 1.165) is 36.9 Å². The number of nitrogens with zero attached hydrogens (tertiary/aromatic N) is 2. The van der Waals surface area contributed by atoms with E-state index < -0.39 is 0 Å². The van der Waals surface area contributed by atoms with Gasteiger partial charge in [0.25, 0.3) is 0 Å². The van der Waals surface area contributed by atoms with Crippen molar-refractivity contribution in [2.45, 2.75) is 12.1 Å². The highest BCUT2D eigenvalue weighted by Crippen LogP contribution is 2.33. The molecular weight excluding hydrogens is 352 g/mol. The highest BCUT2D eigenvalue weighted by molar-refractivity contribution is 7.80. The second-order valence-electron chi connectivity index (χ2n) is 6.68. The van der Waals surface area contributed by atoms with Gasteiger partial charge in [0, 0.05) is 32.2 Å². The topological polar surface area (TPSA) is 44.5 Å². The van der Waals surface area contributed by atoms with Gasteiger partial charge in [0.15, 0.2) is 5.11 Å². The van der Waals surface area contributed by atoms with Crippen LogP contribution in [0.5, 0.6) is 0 Å². The molecule has 0 unspecified atom stereocenters. The third kappa shape index (κ3) is 4.86. The maximum absolute atomic E-state index is 6.75. The lowest BCUT2D eigenvalue weighted by molar-refractivity contribution is 0.115. The SMILES string of the molecule is C#CCNC(=S)N1CCN([C@H](c2ccccc2)[C@@H](N)c2ccccc2)CC1. The van der Waals surface area contributed by atoms with E-state index in [1.165, 1.54) is 5.56 Å². The molecule has 2 atom stereocenters. The van der Waals surface area contributed by atoms with Crippen molar-refractivity contribution >= 4 is 17.3 Å². The summed E-state index contributed by atoms with van der Waals surface area (Å²) in [5.41, 5.74) is 9.15. The molecule has 3 N–H and O–H groups in total. The van der Waals surface area contributed by atoms with Crippen LogP contribution in [-0.4, -0.2) is 47.6 Å². The fraction of sp³-hybridized carbons (Fsp3) is 0.318. The first-order chi connectivity index (χ1) is 13.2. The molecule has 27 heavy (non-hydrogen) atoms. The Bertz CT molecular complexity index is 764. The lowest BCUT2D eigenvalue weighted by Gasteiger charge is -2.42. The van der Waals surface area contributed by atoms with Crippen molar-refractivity contribution in [3.8, 4) is 12.3 Å². The van der Waals surface area contributed by atoms with Crippen molar-refractivity contribution in [1.29, 1.82) is 0 Å². The van der Waals surface area contributed by atoms with E-state index in [-0.39, 0.29) is 12.1 Å². The standard InChI is InChI=1S/C22H26N4S/c1-2-13-24-22(27)26-16-14-25(15-17-26)21(19-11-7-4-8-12-19)20(23)18-9-5-3-6-10-18/h1,3-12,20-21H,13-17,23H2,(H,24,27)/t20-,21+/m0/s1. The highest BCUT2D eigenvalue weighted by Gasteiger charge is 2.30. The summed E-state index contributed by atoms with van der Waals surface area (Å²) in [6.45, 7) is 3.99. The number of terminal acetylenes is 1. The lowest BCUT2D eigenvalue weighted by atomic mass is 9.92. The molecule has 0 amide bonds. The number of rotatable bonds is 5. The van der Waals surface area contributed by atoms with Crippen LogP contribution in [0.3, 0.4) is 0 Å². The van der Waals surface area contributed by atoms with Crippen LogP contribution in [0.25, 0.3) is 0 Å². The van der Waals surface area contributed by atoms with Crippen LogP contribution in [-0.2, 0) is 0 Å². The zero-order valence-electron chi connectivity index (χ0n) is 15.4. The average Bonchev–Trinajstić information content (AvgIpc) is 2.74. The zero-order valence-corrected chi connectivity index (χ0v) is 16.2. The van der Waals surface area contributed by atoms with Crippen LogP contribution in [0.1, 0.15) is 23.2 Å². The first-order valence-corrected chi connectivity index (χ1v) is 9.67. The van der Waals surface area contributed by atoms with Gasteiger partial charge in [-0.25, -0.2) is 0 Å². The summed E-state index contributed by atoms with van der Waals surface area (Å²) in [6, 6.07) is 20.9. The predicted molar refractivity (Wildman–Crippen MR) is 115 cm³/mol. The Morgan fingerprint density at radius 3 is 2.11 bits per heavy atom. The first kappa shape index (κ1) is 19.4. The Morgan fingerprint density at radius 1 is 1.00 bits per heavy atom. The molecule has 1 aliphatic heterocycles. The molecule has 1 saturated heterocycles. The molecule has 4 nitrogen and oxygen atoms in total. The van der Waals surface area contributed by atoms with Crippen LogP contribution >= 0.6 is 12.2 Å². The molecule has 0 saturated carbocycles. The van der Waals surface area contributed by atoms with E-state index in [1.807, 2.05) is 24.3 Å². The molecule has 2 aromatic carbocycles. The number of piperazine rings is 1. The summed E-state index contributed by atoms with van der Waals surface area (Å²) < 4.78 is 0. The van der Waals surface area contributed by atoms with E-state index >= 15 is 0 Å². The Balaban J connectivity index is 1.75. The maximum atomic E-state index is 6.75. The Hall–Kier alpha value is -2.39. The third-order valence-electron chi connectivity index (χ3n) is 5.00. The fourth-order valence-corrected chi connectivity index (χ4v) is 3.85. The minimum atomic E-state index is -0.0910. The number of hydrogen-bond donors (Lipinski definition) is 2. The molecule has 1 heterocycles. The number of hydrogen-bond acceptors (Lipinski definition) is 3. The molecule has 1 fully saturated rings. The van der Waals surface area contributed by atoms with Crippen molar-refractivity contribution in [2.24, 2.45) is 5.73 Å². The molecule has 0 aliphatic carbocycles. The summed E-state index contributed by atoms with van der Waals surface area (Å²) >= 11 is 5.44. The molecular formula is C22H26N4S. The zero-order chi connectivity index (χ0) is 19.1. The molecule has 0 aromatic heterocycles. The smallest absolute Gasteiger partial charge is 0.169 e. The molecule has 3 rings (SSSR count). The normalized spacial score (nSPS) is 17.0. The number of nitrogens with one attached hydrogen (secondary N) is 1. The third-order valence-corrected chi connectivity index (χ3v) is 5.40. The highest BCUT2D eigenvalue weighted by atomic mass is 32.1. The van der Waals surface area contributed by atoms with Crippen molar-refractivity contribution in [3.05, 3.63) is 71.8 Å². The molecule has 5 heteroatoms. The molecule has 0 spiro atoms. The summed E-state index contributed by atoms with van der Waals surface area (Å²) in [7, 11) is 0. The maximum Gasteiger partial charge on any atom is 0.169 e. The molecule has 2 aromatic rings. The summed E-state index contributed by atoms with van der Waals surface area (Å²) in [4.78, 5) is 4.65. The van der Waals surface area contributed by atoms with E-state index in [1.54, 1.807) is 0 Å². The van der Waals surface area contributed by atoms with E-state index in [9.17, 15) is 0 Å². The molecule has 140 valence electrons. The number of thiocarbonyl (C=S) groups is 1. The van der Waals surface area contributed by atoms with E-state index in [0.29, 0.717) is 6.54 Å². The average molecular weight is 379 g/mol. The number of nitrogens with two attached hydrogens (primary N) is 1. The largest absolute Gasteiger partial charge is 0.352 e. The summed E-state index contributed by atoms with van der Waals surface area (Å²) in [5.74, 6) is 2.57. The van der Waals surface area contributed by atoms with Crippen LogP contribution < -0.4 is 11.1 Å². The minimum absolute atomic E-state index is 0.0910. The van der Waals surface area contributed by atoms with E-state index in [2.05, 4.69) is 57.4 Å². The summed E-state index contributed by atoms with van der Waals surface area (Å²) in [6.07, 6.45) is 5.31. The quantitative estimate of drug-likeness (QED) is 0.618. The Labute approximate surface area is 167 Å². The van der Waals surface area contributed by atoms with Gasteiger partial charge >= 0.3 is 0 Å². The van der Waals surface area contributed by atoms with Crippen LogP contribution in [0.15, 0.2) is 60.7 Å². The summed E-state index contributed by atoms with van der Waals surface area (Å²) in [5, 5.41) is 3.84. The minimum Gasteiger partial charge on any atom is -0.352 e. The Kier molecular flexibility index (Phi) is 6.83. The molecule has 0 bridgehead atoms. The van der Waals surface area contributed by atoms with E-state index in [4.69, 9.17) is 24.4 Å². The van der Waals surface area contributed by atoms with Gasteiger partial charge in [-0.2, -0.15) is 0 Å². The van der Waals surface area contributed by atoms with Crippen molar-refractivity contribution < 1.29 is 0 Å². The first-order valence-electron chi connectivity index (χ1n) is 9.26. The van der Waals surface area contributed by atoms with Gasteiger partial charge in [0.2, 0.25) is 0 Å². The van der Waals surface area contributed by atoms with Crippen LogP contribution in [0, 0.1) is 12.3 Å². The lowest BCUT2D eigenvalue weighted by Crippen LogP contribution is -2.53. The van der Waals surface area contributed by atoms with Crippen molar-refractivity contribution in [2.75, 3.05) is 32.7 Å². The van der Waals surface area contributed by atoms with Gasteiger partial charge in [-0.05, 0) is 23.3 Å². The van der Waals surface area contributed by atoms with Crippen molar-refractivity contribution in [3.63, 3.8) is 0 Å². The van der Waals surface area contributed by atoms with Gasteiger partial charge < -0.3 is 16.0 Å². The monoisotopic (exact) mass is 378 g/mol.